The Bertz CT molecular complexity index is 794. The molecule has 24 heavy (non-hydrogen) atoms. The summed E-state index contributed by atoms with van der Waals surface area (Å²) in [5, 5.41) is 13.5. The lowest BCUT2D eigenvalue weighted by Crippen LogP contribution is -2.30. The number of aldehydes is 1. The smallest absolute Gasteiger partial charge is 0.311 e. The van der Waals surface area contributed by atoms with E-state index >= 15 is 0 Å². The molecule has 0 fully saturated rings. The van der Waals surface area contributed by atoms with Crippen molar-refractivity contribution in [3.05, 3.63) is 64.0 Å². The Morgan fingerprint density at radius 1 is 1.33 bits per heavy atom. The van der Waals surface area contributed by atoms with E-state index in [1.165, 1.54) is 37.3 Å². The summed E-state index contributed by atoms with van der Waals surface area (Å²) in [6, 6.07) is 8.92. The number of amides is 1. The molecular formula is C16H13FN2O5. The maximum absolute atomic E-state index is 13.1. The molecule has 0 unspecified atom stereocenters. The number of nitro benzene ring substituents is 1. The topological polar surface area (TPSA) is 98.5 Å². The number of anilines is 1. The maximum Gasteiger partial charge on any atom is 0.311 e. The fraction of sp³-hybridized carbons (Fsp3) is 0.125. The third kappa shape index (κ3) is 4.13. The lowest BCUT2D eigenvalue weighted by atomic mass is 10.2. The molecule has 0 aliphatic carbocycles. The standard InChI is InChI=1S/C16H13FN2O5/c1-10(16(21)18-13-4-2-3-12(17)8-13)24-15-6-5-11(9-20)7-14(15)19(22)23/h2-10H,1H3,(H,18,21)/t10-/m0/s1. The number of nitrogens with one attached hydrogen (secondary N) is 1. The normalized spacial score (nSPS) is 11.4. The molecule has 0 saturated carbocycles. The largest absolute Gasteiger partial charge is 0.474 e. The lowest BCUT2D eigenvalue weighted by molar-refractivity contribution is -0.386. The van der Waals surface area contributed by atoms with Crippen LogP contribution < -0.4 is 10.1 Å². The monoisotopic (exact) mass is 332 g/mol. The molecular weight excluding hydrogens is 319 g/mol. The molecule has 2 aromatic rings. The third-order valence-electron chi connectivity index (χ3n) is 3.08. The number of carbonyl (C=O) groups excluding carboxylic acids is 2. The lowest BCUT2D eigenvalue weighted by Gasteiger charge is -2.15. The van der Waals surface area contributed by atoms with Crippen LogP contribution in [0.4, 0.5) is 15.8 Å². The Hall–Kier alpha value is -3.29. The number of benzene rings is 2. The maximum atomic E-state index is 13.1. The summed E-state index contributed by atoms with van der Waals surface area (Å²) >= 11 is 0. The number of nitrogens with zero attached hydrogens (tertiary/aromatic N) is 1. The van der Waals surface area contributed by atoms with Gasteiger partial charge in [0, 0.05) is 17.3 Å². The molecule has 1 amide bonds. The molecule has 0 aliphatic rings. The number of carbonyl (C=O) groups is 2. The molecule has 0 heterocycles. The fourth-order valence-electron chi connectivity index (χ4n) is 1.90. The highest BCUT2D eigenvalue weighted by atomic mass is 19.1. The van der Waals surface area contributed by atoms with Gasteiger partial charge < -0.3 is 10.1 Å². The average molecular weight is 332 g/mol. The summed E-state index contributed by atoms with van der Waals surface area (Å²) in [6.07, 6.45) is -0.606. The van der Waals surface area contributed by atoms with E-state index in [0.717, 1.165) is 12.1 Å². The molecule has 0 aliphatic heterocycles. The van der Waals surface area contributed by atoms with Crippen molar-refractivity contribution in [3.63, 3.8) is 0 Å². The van der Waals surface area contributed by atoms with Crippen molar-refractivity contribution in [2.75, 3.05) is 5.32 Å². The van der Waals surface area contributed by atoms with Crippen LogP contribution >= 0.6 is 0 Å². The van der Waals surface area contributed by atoms with E-state index in [0.29, 0.717) is 6.29 Å². The Balaban J connectivity index is 2.14. The van der Waals surface area contributed by atoms with Gasteiger partial charge in [-0.3, -0.25) is 19.7 Å². The summed E-state index contributed by atoms with van der Waals surface area (Å²) in [7, 11) is 0. The Morgan fingerprint density at radius 3 is 2.71 bits per heavy atom. The number of ether oxygens (including phenoxy) is 1. The van der Waals surface area contributed by atoms with Crippen molar-refractivity contribution >= 4 is 23.6 Å². The van der Waals surface area contributed by atoms with E-state index in [-0.39, 0.29) is 17.0 Å². The molecule has 124 valence electrons. The molecule has 0 saturated heterocycles. The number of halogens is 1. The number of hydrogen-bond donors (Lipinski definition) is 1. The highest BCUT2D eigenvalue weighted by molar-refractivity contribution is 5.94. The van der Waals surface area contributed by atoms with Gasteiger partial charge in [0.05, 0.1) is 4.92 Å². The summed E-state index contributed by atoms with van der Waals surface area (Å²) in [5.41, 5.74) is -0.0721. The van der Waals surface area contributed by atoms with Crippen molar-refractivity contribution in [1.29, 1.82) is 0 Å². The van der Waals surface area contributed by atoms with Gasteiger partial charge in [0.15, 0.2) is 11.9 Å². The van der Waals surface area contributed by atoms with Gasteiger partial charge in [0.1, 0.15) is 12.1 Å². The van der Waals surface area contributed by atoms with E-state index in [1.807, 2.05) is 0 Å². The quantitative estimate of drug-likeness (QED) is 0.498. The first-order valence-electron chi connectivity index (χ1n) is 6.87. The zero-order valence-corrected chi connectivity index (χ0v) is 12.6. The Kier molecular flexibility index (Phi) is 5.20. The minimum absolute atomic E-state index is 0.117. The average Bonchev–Trinajstić information content (AvgIpc) is 2.54. The van der Waals surface area contributed by atoms with Gasteiger partial charge in [-0.15, -0.1) is 0 Å². The number of hydrogen-bond acceptors (Lipinski definition) is 5. The van der Waals surface area contributed by atoms with Crippen molar-refractivity contribution in [2.45, 2.75) is 13.0 Å². The Labute approximate surface area is 136 Å². The van der Waals surface area contributed by atoms with Crippen LogP contribution in [0.2, 0.25) is 0 Å². The van der Waals surface area contributed by atoms with Gasteiger partial charge in [0.25, 0.3) is 5.91 Å². The second kappa shape index (κ2) is 7.32. The highest BCUT2D eigenvalue weighted by Gasteiger charge is 2.22. The van der Waals surface area contributed by atoms with Crippen LogP contribution in [-0.4, -0.2) is 23.2 Å². The van der Waals surface area contributed by atoms with Crippen LogP contribution in [0.25, 0.3) is 0 Å². The predicted molar refractivity (Wildman–Crippen MR) is 83.6 cm³/mol. The molecule has 8 heteroatoms. The zero-order chi connectivity index (χ0) is 17.7. The van der Waals surface area contributed by atoms with Crippen LogP contribution in [-0.2, 0) is 4.79 Å². The first-order valence-corrected chi connectivity index (χ1v) is 6.87. The summed E-state index contributed by atoms with van der Waals surface area (Å²) in [4.78, 5) is 33.1. The minimum Gasteiger partial charge on any atom is -0.474 e. The van der Waals surface area contributed by atoms with Crippen LogP contribution in [0.5, 0.6) is 5.75 Å². The molecule has 0 bridgehead atoms. The van der Waals surface area contributed by atoms with Gasteiger partial charge in [-0.1, -0.05) is 6.07 Å². The Morgan fingerprint density at radius 2 is 2.08 bits per heavy atom. The van der Waals surface area contributed by atoms with Gasteiger partial charge in [-0.2, -0.15) is 0 Å². The van der Waals surface area contributed by atoms with Gasteiger partial charge in [0.2, 0.25) is 0 Å². The third-order valence-corrected chi connectivity index (χ3v) is 3.08. The highest BCUT2D eigenvalue weighted by Crippen LogP contribution is 2.28. The van der Waals surface area contributed by atoms with Crippen molar-refractivity contribution in [2.24, 2.45) is 0 Å². The zero-order valence-electron chi connectivity index (χ0n) is 12.6. The second-order valence-electron chi connectivity index (χ2n) is 4.86. The molecule has 2 rings (SSSR count). The van der Waals surface area contributed by atoms with E-state index < -0.39 is 28.4 Å². The predicted octanol–water partition coefficient (Wildman–Crippen LogP) is 2.95. The first kappa shape index (κ1) is 17.1. The van der Waals surface area contributed by atoms with Gasteiger partial charge in [-0.05, 0) is 37.3 Å². The molecule has 7 nitrogen and oxygen atoms in total. The van der Waals surface area contributed by atoms with Gasteiger partial charge >= 0.3 is 5.69 Å². The molecule has 1 N–H and O–H groups in total. The number of rotatable bonds is 6. The summed E-state index contributed by atoms with van der Waals surface area (Å²) in [6.45, 7) is 1.39. The van der Waals surface area contributed by atoms with Crippen molar-refractivity contribution in [3.8, 4) is 5.75 Å². The minimum atomic E-state index is -1.07. The van der Waals surface area contributed by atoms with Crippen LogP contribution in [0.1, 0.15) is 17.3 Å². The van der Waals surface area contributed by atoms with E-state index in [4.69, 9.17) is 4.74 Å². The SMILES string of the molecule is C[C@H](Oc1ccc(C=O)cc1[N+](=O)[O-])C(=O)Nc1cccc(F)c1. The second-order valence-corrected chi connectivity index (χ2v) is 4.86. The molecule has 0 radical (unpaired) electrons. The van der Waals surface area contributed by atoms with Crippen molar-refractivity contribution < 1.29 is 23.6 Å². The van der Waals surface area contributed by atoms with Crippen LogP contribution in [0, 0.1) is 15.9 Å². The van der Waals surface area contributed by atoms with Crippen LogP contribution in [0.15, 0.2) is 42.5 Å². The molecule has 0 spiro atoms. The summed E-state index contributed by atoms with van der Waals surface area (Å²) < 4.78 is 18.4. The first-order chi connectivity index (χ1) is 11.4. The van der Waals surface area contributed by atoms with E-state index in [1.54, 1.807) is 0 Å². The molecule has 1 atom stereocenters. The van der Waals surface area contributed by atoms with E-state index in [2.05, 4.69) is 5.32 Å². The fourth-order valence-corrected chi connectivity index (χ4v) is 1.90. The molecule has 0 aromatic heterocycles. The number of nitro groups is 1. The van der Waals surface area contributed by atoms with Crippen LogP contribution in [0.3, 0.4) is 0 Å². The van der Waals surface area contributed by atoms with Gasteiger partial charge in [-0.25, -0.2) is 4.39 Å². The molecule has 2 aromatic carbocycles. The van der Waals surface area contributed by atoms with Crippen molar-refractivity contribution in [1.82, 2.24) is 0 Å². The summed E-state index contributed by atoms with van der Waals surface area (Å²) in [5.74, 6) is -1.26. The van der Waals surface area contributed by atoms with E-state index in [9.17, 15) is 24.1 Å².